The standard InChI is InChI=1S/C14H21ClN2O/c1-17-7-2-3-13(17)6-8-18-14-5-4-12(15)9-11(14)10-16/h4-5,9,13H,2-3,6-8,10,16H2,1H3. The molecule has 1 aromatic rings. The maximum atomic E-state index is 5.93. The molecule has 0 saturated carbocycles. The molecule has 3 nitrogen and oxygen atoms in total. The minimum Gasteiger partial charge on any atom is -0.493 e. The molecule has 100 valence electrons. The monoisotopic (exact) mass is 268 g/mol. The minimum absolute atomic E-state index is 0.458. The van der Waals surface area contributed by atoms with Crippen molar-refractivity contribution in [3.8, 4) is 5.75 Å². The number of hydrogen-bond acceptors (Lipinski definition) is 3. The molecular weight excluding hydrogens is 248 g/mol. The smallest absolute Gasteiger partial charge is 0.123 e. The SMILES string of the molecule is CN1CCCC1CCOc1ccc(Cl)cc1CN. The molecule has 0 aliphatic carbocycles. The van der Waals surface area contributed by atoms with Crippen molar-refractivity contribution in [2.45, 2.75) is 31.8 Å². The summed E-state index contributed by atoms with van der Waals surface area (Å²) in [5, 5.41) is 0.707. The third kappa shape index (κ3) is 3.37. The molecule has 1 atom stereocenters. The van der Waals surface area contributed by atoms with Crippen LogP contribution in [0.25, 0.3) is 0 Å². The van der Waals surface area contributed by atoms with E-state index in [0.29, 0.717) is 17.6 Å². The van der Waals surface area contributed by atoms with E-state index in [9.17, 15) is 0 Å². The van der Waals surface area contributed by atoms with Crippen molar-refractivity contribution >= 4 is 11.6 Å². The predicted octanol–water partition coefficient (Wildman–Crippen LogP) is 2.66. The topological polar surface area (TPSA) is 38.5 Å². The first-order valence-corrected chi connectivity index (χ1v) is 6.90. The number of nitrogens with two attached hydrogens (primary N) is 1. The highest BCUT2D eigenvalue weighted by Crippen LogP contribution is 2.23. The van der Waals surface area contributed by atoms with Crippen molar-refractivity contribution in [1.82, 2.24) is 4.90 Å². The van der Waals surface area contributed by atoms with Crippen LogP contribution in [0.5, 0.6) is 5.75 Å². The average molecular weight is 269 g/mol. The summed E-state index contributed by atoms with van der Waals surface area (Å²) in [7, 11) is 2.19. The van der Waals surface area contributed by atoms with Crippen LogP contribution < -0.4 is 10.5 Å². The van der Waals surface area contributed by atoms with E-state index < -0.39 is 0 Å². The Labute approximate surface area is 114 Å². The Morgan fingerprint density at radius 3 is 3.00 bits per heavy atom. The number of nitrogens with zero attached hydrogens (tertiary/aromatic N) is 1. The molecule has 0 radical (unpaired) electrons. The normalized spacial score (nSPS) is 20.3. The Hall–Kier alpha value is -0.770. The fourth-order valence-electron chi connectivity index (χ4n) is 2.50. The maximum Gasteiger partial charge on any atom is 0.123 e. The summed E-state index contributed by atoms with van der Waals surface area (Å²) >= 11 is 5.93. The molecule has 1 aliphatic rings. The fourth-order valence-corrected chi connectivity index (χ4v) is 2.69. The van der Waals surface area contributed by atoms with Gasteiger partial charge in [-0.2, -0.15) is 0 Å². The van der Waals surface area contributed by atoms with E-state index >= 15 is 0 Å². The first-order valence-electron chi connectivity index (χ1n) is 6.52. The van der Waals surface area contributed by atoms with Crippen LogP contribution in [-0.4, -0.2) is 31.1 Å². The van der Waals surface area contributed by atoms with E-state index in [1.807, 2.05) is 18.2 Å². The molecule has 1 saturated heterocycles. The lowest BCUT2D eigenvalue weighted by Gasteiger charge is -2.19. The quantitative estimate of drug-likeness (QED) is 0.892. The maximum absolute atomic E-state index is 5.93. The van der Waals surface area contributed by atoms with E-state index in [1.165, 1.54) is 19.4 Å². The number of ether oxygens (including phenoxy) is 1. The van der Waals surface area contributed by atoms with Crippen LogP contribution in [0.3, 0.4) is 0 Å². The first-order chi connectivity index (χ1) is 8.70. The molecule has 1 aliphatic heterocycles. The highest BCUT2D eigenvalue weighted by molar-refractivity contribution is 6.30. The van der Waals surface area contributed by atoms with E-state index in [0.717, 1.165) is 24.3 Å². The van der Waals surface area contributed by atoms with Crippen LogP contribution in [0.15, 0.2) is 18.2 Å². The molecule has 4 heteroatoms. The molecule has 0 amide bonds. The van der Waals surface area contributed by atoms with Crippen molar-refractivity contribution in [2.75, 3.05) is 20.2 Å². The largest absolute Gasteiger partial charge is 0.493 e. The Morgan fingerprint density at radius 1 is 1.50 bits per heavy atom. The molecule has 0 bridgehead atoms. The number of hydrogen-bond donors (Lipinski definition) is 1. The lowest BCUT2D eigenvalue weighted by molar-refractivity contribution is 0.232. The average Bonchev–Trinajstić information content (AvgIpc) is 2.77. The molecule has 1 unspecified atom stereocenters. The van der Waals surface area contributed by atoms with E-state index in [-0.39, 0.29) is 0 Å². The summed E-state index contributed by atoms with van der Waals surface area (Å²) < 4.78 is 5.83. The summed E-state index contributed by atoms with van der Waals surface area (Å²) in [5.74, 6) is 0.863. The van der Waals surface area contributed by atoms with E-state index in [1.54, 1.807) is 0 Å². The van der Waals surface area contributed by atoms with Crippen molar-refractivity contribution in [2.24, 2.45) is 5.73 Å². The molecule has 0 aromatic heterocycles. The number of benzene rings is 1. The summed E-state index contributed by atoms with van der Waals surface area (Å²) in [4.78, 5) is 2.41. The molecule has 1 heterocycles. The van der Waals surface area contributed by atoms with E-state index in [2.05, 4.69) is 11.9 Å². The van der Waals surface area contributed by atoms with Crippen LogP contribution >= 0.6 is 11.6 Å². The van der Waals surface area contributed by atoms with E-state index in [4.69, 9.17) is 22.1 Å². The Kier molecular flexibility index (Phi) is 4.87. The van der Waals surface area contributed by atoms with Gasteiger partial charge >= 0.3 is 0 Å². The third-order valence-electron chi connectivity index (χ3n) is 3.62. The van der Waals surface area contributed by atoms with Crippen LogP contribution in [0, 0.1) is 0 Å². The molecule has 2 rings (SSSR count). The minimum atomic E-state index is 0.458. The van der Waals surface area contributed by atoms with Crippen LogP contribution in [-0.2, 0) is 6.54 Å². The zero-order valence-electron chi connectivity index (χ0n) is 10.9. The fraction of sp³-hybridized carbons (Fsp3) is 0.571. The molecule has 1 aromatic carbocycles. The predicted molar refractivity (Wildman–Crippen MR) is 75.1 cm³/mol. The number of rotatable bonds is 5. The highest BCUT2D eigenvalue weighted by Gasteiger charge is 2.20. The Balaban J connectivity index is 1.86. The molecular formula is C14H21ClN2O. The zero-order chi connectivity index (χ0) is 13.0. The van der Waals surface area contributed by atoms with Gasteiger partial charge in [-0.25, -0.2) is 0 Å². The third-order valence-corrected chi connectivity index (χ3v) is 3.86. The van der Waals surface area contributed by atoms with Gasteiger partial charge in [0.25, 0.3) is 0 Å². The summed E-state index contributed by atoms with van der Waals surface area (Å²) in [6, 6.07) is 6.29. The lowest BCUT2D eigenvalue weighted by atomic mass is 10.1. The molecule has 0 spiro atoms. The first kappa shape index (κ1) is 13.7. The van der Waals surface area contributed by atoms with Gasteiger partial charge in [-0.1, -0.05) is 11.6 Å². The van der Waals surface area contributed by atoms with Crippen LogP contribution in [0.2, 0.25) is 5.02 Å². The van der Waals surface area contributed by atoms with Gasteiger partial charge < -0.3 is 15.4 Å². The van der Waals surface area contributed by atoms with Crippen LogP contribution in [0.4, 0.5) is 0 Å². The van der Waals surface area contributed by atoms with Gasteiger partial charge in [0.15, 0.2) is 0 Å². The summed E-state index contributed by atoms with van der Waals surface area (Å²) in [6.45, 7) is 2.41. The van der Waals surface area contributed by atoms with Gasteiger partial charge in [-0.15, -0.1) is 0 Å². The molecule has 2 N–H and O–H groups in total. The zero-order valence-corrected chi connectivity index (χ0v) is 11.6. The van der Waals surface area contributed by atoms with Crippen molar-refractivity contribution in [3.63, 3.8) is 0 Å². The van der Waals surface area contributed by atoms with Gasteiger partial charge in [-0.05, 0) is 51.1 Å². The second-order valence-electron chi connectivity index (χ2n) is 4.87. The Bertz CT molecular complexity index is 397. The summed E-state index contributed by atoms with van der Waals surface area (Å²) in [5.41, 5.74) is 6.66. The highest BCUT2D eigenvalue weighted by atomic mass is 35.5. The van der Waals surface area contributed by atoms with Gasteiger partial charge in [0.1, 0.15) is 5.75 Å². The second kappa shape index (κ2) is 6.41. The lowest BCUT2D eigenvalue weighted by Crippen LogP contribution is -2.26. The molecule has 1 fully saturated rings. The number of halogens is 1. The van der Waals surface area contributed by atoms with Gasteiger partial charge in [0, 0.05) is 23.2 Å². The van der Waals surface area contributed by atoms with Gasteiger partial charge in [-0.3, -0.25) is 0 Å². The summed E-state index contributed by atoms with van der Waals surface area (Å²) in [6.07, 6.45) is 3.66. The Morgan fingerprint density at radius 2 is 2.33 bits per heavy atom. The second-order valence-corrected chi connectivity index (χ2v) is 5.31. The van der Waals surface area contributed by atoms with Gasteiger partial charge in [0.05, 0.1) is 6.61 Å². The van der Waals surface area contributed by atoms with Crippen molar-refractivity contribution < 1.29 is 4.74 Å². The van der Waals surface area contributed by atoms with Crippen LogP contribution in [0.1, 0.15) is 24.8 Å². The van der Waals surface area contributed by atoms with Gasteiger partial charge in [0.2, 0.25) is 0 Å². The van der Waals surface area contributed by atoms with Crippen molar-refractivity contribution in [1.29, 1.82) is 0 Å². The molecule has 18 heavy (non-hydrogen) atoms. The number of likely N-dealkylation sites (tertiary alicyclic amines) is 1. The van der Waals surface area contributed by atoms with Crippen molar-refractivity contribution in [3.05, 3.63) is 28.8 Å².